The summed E-state index contributed by atoms with van der Waals surface area (Å²) in [4.78, 5) is 11.1. The van der Waals surface area contributed by atoms with Gasteiger partial charge in [0.05, 0.1) is 26.2 Å². The fourth-order valence-corrected chi connectivity index (χ4v) is 2.87. The van der Waals surface area contributed by atoms with Crippen LogP contribution in [0.25, 0.3) is 0 Å². The first-order chi connectivity index (χ1) is 10.2. The minimum atomic E-state index is -0.765. The lowest BCUT2D eigenvalue weighted by atomic mass is 9.99. The molecule has 0 amide bonds. The van der Waals surface area contributed by atoms with E-state index in [1.165, 1.54) is 0 Å². The Bertz CT molecular complexity index is 545. The van der Waals surface area contributed by atoms with Crippen molar-refractivity contribution in [1.82, 2.24) is 5.32 Å². The van der Waals surface area contributed by atoms with Gasteiger partial charge < -0.3 is 24.6 Å². The number of carboxylic acids is 1. The second-order valence-electron chi connectivity index (χ2n) is 5.30. The van der Waals surface area contributed by atoms with Gasteiger partial charge >= 0.3 is 5.97 Å². The third-order valence-corrected chi connectivity index (χ3v) is 3.96. The highest BCUT2D eigenvalue weighted by Gasteiger charge is 2.33. The molecule has 2 aliphatic heterocycles. The zero-order valence-corrected chi connectivity index (χ0v) is 11.9. The highest BCUT2D eigenvalue weighted by molar-refractivity contribution is 5.71. The average Bonchev–Trinajstić information content (AvgIpc) is 2.85. The summed E-state index contributed by atoms with van der Waals surface area (Å²) in [5.41, 5.74) is 0.922. The first-order valence-corrected chi connectivity index (χ1v) is 7.13. The van der Waals surface area contributed by atoms with Crippen LogP contribution in [0, 0.1) is 5.92 Å². The number of methoxy groups -OCH3 is 1. The Labute approximate surface area is 123 Å². The molecule has 3 rings (SSSR count). The lowest BCUT2D eigenvalue weighted by Crippen LogP contribution is -2.17. The van der Waals surface area contributed by atoms with Crippen LogP contribution >= 0.6 is 0 Å². The van der Waals surface area contributed by atoms with Gasteiger partial charge in [-0.25, -0.2) is 0 Å². The number of hydrogen-bond acceptors (Lipinski definition) is 5. The van der Waals surface area contributed by atoms with Gasteiger partial charge in [-0.1, -0.05) is 0 Å². The van der Waals surface area contributed by atoms with E-state index in [0.29, 0.717) is 43.4 Å². The molecule has 21 heavy (non-hydrogen) atoms. The Hall–Kier alpha value is -1.95. The maximum absolute atomic E-state index is 11.1. The molecular weight excluding hydrogens is 274 g/mol. The molecule has 0 spiro atoms. The smallest absolute Gasteiger partial charge is 0.307 e. The van der Waals surface area contributed by atoms with Gasteiger partial charge in [0.2, 0.25) is 5.75 Å². The molecule has 1 fully saturated rings. The molecule has 114 valence electrons. The molecule has 0 bridgehead atoms. The summed E-state index contributed by atoms with van der Waals surface area (Å²) in [7, 11) is 1.59. The van der Waals surface area contributed by atoms with Crippen molar-refractivity contribution in [3.63, 3.8) is 0 Å². The SMILES string of the molecule is COc1c(C2CC(C(=O)O)CN2)ccc2c1OCCCO2. The number of aliphatic carboxylic acids is 1. The molecule has 2 heterocycles. The van der Waals surface area contributed by atoms with Crippen LogP contribution in [0.3, 0.4) is 0 Å². The largest absolute Gasteiger partial charge is 0.492 e. The predicted molar refractivity (Wildman–Crippen MR) is 75.1 cm³/mol. The summed E-state index contributed by atoms with van der Waals surface area (Å²) < 4.78 is 16.9. The minimum absolute atomic E-state index is 0.0433. The highest BCUT2D eigenvalue weighted by Crippen LogP contribution is 2.45. The number of rotatable bonds is 3. The number of benzene rings is 1. The molecule has 0 radical (unpaired) electrons. The average molecular weight is 293 g/mol. The summed E-state index contributed by atoms with van der Waals surface area (Å²) in [5, 5.41) is 12.4. The quantitative estimate of drug-likeness (QED) is 0.881. The van der Waals surface area contributed by atoms with Gasteiger partial charge in [0.1, 0.15) is 0 Å². The van der Waals surface area contributed by atoms with Crippen molar-refractivity contribution in [3.8, 4) is 17.2 Å². The second kappa shape index (κ2) is 5.81. The molecule has 2 atom stereocenters. The van der Waals surface area contributed by atoms with Crippen molar-refractivity contribution >= 4 is 5.97 Å². The molecule has 2 unspecified atom stereocenters. The summed E-state index contributed by atoms with van der Waals surface area (Å²) in [6, 6.07) is 3.75. The lowest BCUT2D eigenvalue weighted by molar-refractivity contribution is -0.141. The van der Waals surface area contributed by atoms with E-state index in [1.54, 1.807) is 7.11 Å². The van der Waals surface area contributed by atoms with E-state index in [0.717, 1.165) is 12.0 Å². The molecule has 2 N–H and O–H groups in total. The Morgan fingerprint density at radius 3 is 2.90 bits per heavy atom. The Morgan fingerprint density at radius 1 is 1.38 bits per heavy atom. The number of carbonyl (C=O) groups is 1. The number of ether oxygens (including phenoxy) is 3. The molecule has 1 aromatic rings. The highest BCUT2D eigenvalue weighted by atomic mass is 16.5. The molecule has 1 saturated heterocycles. The lowest BCUT2D eigenvalue weighted by Gasteiger charge is -2.19. The van der Waals surface area contributed by atoms with Gasteiger partial charge in [-0.2, -0.15) is 0 Å². The van der Waals surface area contributed by atoms with Crippen LogP contribution in [0.4, 0.5) is 0 Å². The Kier molecular flexibility index (Phi) is 3.88. The van der Waals surface area contributed by atoms with E-state index >= 15 is 0 Å². The van der Waals surface area contributed by atoms with E-state index in [4.69, 9.17) is 19.3 Å². The Balaban J connectivity index is 1.92. The van der Waals surface area contributed by atoms with E-state index in [1.807, 2.05) is 12.1 Å². The van der Waals surface area contributed by atoms with Crippen molar-refractivity contribution in [2.24, 2.45) is 5.92 Å². The number of hydrogen-bond donors (Lipinski definition) is 2. The molecule has 0 aromatic heterocycles. The number of nitrogens with one attached hydrogen (secondary N) is 1. The number of carboxylic acid groups (broad SMARTS) is 1. The summed E-state index contributed by atoms with van der Waals surface area (Å²) >= 11 is 0. The van der Waals surface area contributed by atoms with Crippen LogP contribution in [0.15, 0.2) is 12.1 Å². The summed E-state index contributed by atoms with van der Waals surface area (Å²) in [6.45, 7) is 1.68. The topological polar surface area (TPSA) is 77.0 Å². The van der Waals surface area contributed by atoms with Gasteiger partial charge in [-0.05, 0) is 18.6 Å². The molecule has 1 aromatic carbocycles. The van der Waals surface area contributed by atoms with Crippen LogP contribution in [-0.2, 0) is 4.79 Å². The maximum Gasteiger partial charge on any atom is 0.307 e. The van der Waals surface area contributed by atoms with Crippen LogP contribution in [0.5, 0.6) is 17.2 Å². The van der Waals surface area contributed by atoms with E-state index < -0.39 is 5.97 Å². The third-order valence-electron chi connectivity index (χ3n) is 3.96. The minimum Gasteiger partial charge on any atom is -0.492 e. The van der Waals surface area contributed by atoms with Crippen molar-refractivity contribution in [2.45, 2.75) is 18.9 Å². The monoisotopic (exact) mass is 293 g/mol. The summed E-state index contributed by atoms with van der Waals surface area (Å²) in [5.74, 6) is 0.806. The van der Waals surface area contributed by atoms with Crippen molar-refractivity contribution in [2.75, 3.05) is 26.9 Å². The van der Waals surface area contributed by atoms with E-state index in [-0.39, 0.29) is 12.0 Å². The van der Waals surface area contributed by atoms with Crippen LogP contribution in [0.1, 0.15) is 24.4 Å². The van der Waals surface area contributed by atoms with Gasteiger partial charge in [0.25, 0.3) is 0 Å². The second-order valence-corrected chi connectivity index (χ2v) is 5.30. The molecule has 6 heteroatoms. The van der Waals surface area contributed by atoms with Crippen LogP contribution in [0.2, 0.25) is 0 Å². The molecule has 0 saturated carbocycles. The first kappa shape index (κ1) is 14.0. The number of fused-ring (bicyclic) bond motifs is 1. The molecule has 6 nitrogen and oxygen atoms in total. The van der Waals surface area contributed by atoms with Gasteiger partial charge in [-0.15, -0.1) is 0 Å². The Morgan fingerprint density at radius 2 is 2.19 bits per heavy atom. The zero-order chi connectivity index (χ0) is 14.8. The maximum atomic E-state index is 11.1. The fourth-order valence-electron chi connectivity index (χ4n) is 2.87. The molecule has 0 aliphatic carbocycles. The fraction of sp³-hybridized carbons (Fsp3) is 0.533. The van der Waals surface area contributed by atoms with Crippen LogP contribution in [-0.4, -0.2) is 37.9 Å². The van der Waals surface area contributed by atoms with E-state index in [2.05, 4.69) is 5.32 Å². The predicted octanol–water partition coefficient (Wildman–Crippen LogP) is 1.59. The molecule has 2 aliphatic rings. The standard InChI is InChI=1S/C15H19NO5/c1-19-13-10(11-7-9(8-16-11)15(17)18)3-4-12-14(13)21-6-2-5-20-12/h3-4,9,11,16H,2,5-8H2,1H3,(H,17,18). The first-order valence-electron chi connectivity index (χ1n) is 7.13. The van der Waals surface area contributed by atoms with Gasteiger partial charge in [0, 0.05) is 24.6 Å². The normalized spacial score (nSPS) is 24.4. The third kappa shape index (κ3) is 2.63. The zero-order valence-electron chi connectivity index (χ0n) is 11.9. The summed E-state index contributed by atoms with van der Waals surface area (Å²) in [6.07, 6.45) is 1.38. The van der Waals surface area contributed by atoms with Crippen molar-refractivity contribution in [3.05, 3.63) is 17.7 Å². The molecular formula is C15H19NO5. The van der Waals surface area contributed by atoms with Crippen molar-refractivity contribution in [1.29, 1.82) is 0 Å². The van der Waals surface area contributed by atoms with E-state index in [9.17, 15) is 4.79 Å². The van der Waals surface area contributed by atoms with Crippen LogP contribution < -0.4 is 19.5 Å². The van der Waals surface area contributed by atoms with Crippen molar-refractivity contribution < 1.29 is 24.1 Å². The van der Waals surface area contributed by atoms with Gasteiger partial charge in [0.15, 0.2) is 11.5 Å². The van der Waals surface area contributed by atoms with Gasteiger partial charge in [-0.3, -0.25) is 4.79 Å².